The molecule has 0 atom stereocenters. The van der Waals surface area contributed by atoms with Crippen LogP contribution in [-0.2, 0) is 0 Å². The van der Waals surface area contributed by atoms with Crippen LogP contribution in [0.4, 0.5) is 8.78 Å². The number of thiazole rings is 1. The first-order valence-corrected chi connectivity index (χ1v) is 9.90. The molecule has 28 heavy (non-hydrogen) atoms. The minimum Gasteiger partial charge on any atom is -0.288 e. The van der Waals surface area contributed by atoms with E-state index in [1.54, 1.807) is 0 Å². The number of allylic oxidation sites excluding steroid dienone is 1. The third-order valence-electron chi connectivity index (χ3n) is 4.47. The summed E-state index contributed by atoms with van der Waals surface area (Å²) >= 11 is 2.88. The zero-order chi connectivity index (χ0) is 19.4. The average molecular weight is 409 g/mol. The predicted molar refractivity (Wildman–Crippen MR) is 106 cm³/mol. The quantitative estimate of drug-likeness (QED) is 0.312. The molecule has 3 nitrogen and oxygen atoms in total. The van der Waals surface area contributed by atoms with Gasteiger partial charge in [-0.15, -0.1) is 22.7 Å². The normalized spacial score (nSPS) is 13.4. The van der Waals surface area contributed by atoms with Gasteiger partial charge in [-0.05, 0) is 29.8 Å². The molecule has 0 unspecified atom stereocenters. The number of fused-ring (bicyclic) bond motifs is 2. The molecule has 0 amide bonds. The molecule has 0 saturated heterocycles. The van der Waals surface area contributed by atoms with Gasteiger partial charge in [0.25, 0.3) is 0 Å². The molecule has 0 spiro atoms. The summed E-state index contributed by atoms with van der Waals surface area (Å²) in [7, 11) is 0. The number of Topliss-reactive ketones (excluding diaryl/α,β-unsaturated/α-hetero) is 2. The van der Waals surface area contributed by atoms with Gasteiger partial charge in [-0.3, -0.25) is 9.59 Å². The van der Waals surface area contributed by atoms with Gasteiger partial charge in [0.1, 0.15) is 9.84 Å². The molecule has 0 aliphatic heterocycles. The monoisotopic (exact) mass is 409 g/mol. The summed E-state index contributed by atoms with van der Waals surface area (Å²) in [5.41, 5.74) is 0.753. The first kappa shape index (κ1) is 17.1. The van der Waals surface area contributed by atoms with Crippen LogP contribution < -0.4 is 0 Å². The van der Waals surface area contributed by atoms with Gasteiger partial charge in [0.05, 0.1) is 10.3 Å². The number of rotatable bonds is 2. The number of carbonyl (C=O) groups is 2. The van der Waals surface area contributed by atoms with Gasteiger partial charge in [0, 0.05) is 16.0 Å². The van der Waals surface area contributed by atoms with Crippen molar-refractivity contribution in [3.05, 3.63) is 81.9 Å². The predicted octanol–water partition coefficient (Wildman–Crippen LogP) is 5.77. The number of benzene rings is 2. The molecule has 2 aromatic heterocycles. The van der Waals surface area contributed by atoms with Gasteiger partial charge in [0.2, 0.25) is 0 Å². The highest BCUT2D eigenvalue weighted by Gasteiger charge is 2.34. The Hall–Kier alpha value is -3.03. The fourth-order valence-electron chi connectivity index (χ4n) is 3.13. The molecule has 0 fully saturated rings. The molecule has 0 N–H and O–H groups in total. The summed E-state index contributed by atoms with van der Waals surface area (Å²) in [6.07, 6.45) is 1.40. The molecule has 0 saturated carbocycles. The smallest absolute Gasteiger partial charge is 0.197 e. The van der Waals surface area contributed by atoms with E-state index in [1.165, 1.54) is 28.7 Å². The van der Waals surface area contributed by atoms with Gasteiger partial charge in [-0.2, -0.15) is 0 Å². The molecule has 2 aromatic carbocycles. The Kier molecular flexibility index (Phi) is 3.82. The lowest BCUT2D eigenvalue weighted by molar-refractivity contribution is 0.0990. The summed E-state index contributed by atoms with van der Waals surface area (Å²) < 4.78 is 27.8. The number of thiophene rings is 1. The highest BCUT2D eigenvalue weighted by atomic mass is 32.1. The van der Waals surface area contributed by atoms with Crippen molar-refractivity contribution in [2.24, 2.45) is 0 Å². The molecule has 0 bridgehead atoms. The SMILES string of the molecule is O=C1C(=Cc2nc3sc(-c4ccccc4)cc3s2)C(=O)c2cc(F)c(F)cc21. The fourth-order valence-corrected chi connectivity index (χ4v) is 5.30. The number of nitrogens with zero attached hydrogens (tertiary/aromatic N) is 1. The third-order valence-corrected chi connectivity index (χ3v) is 6.63. The van der Waals surface area contributed by atoms with Crippen LogP contribution in [0.2, 0.25) is 0 Å². The van der Waals surface area contributed by atoms with E-state index in [1.807, 2.05) is 36.4 Å². The highest BCUT2D eigenvalue weighted by molar-refractivity contribution is 7.29. The number of hydrogen-bond acceptors (Lipinski definition) is 5. The number of carbonyl (C=O) groups excluding carboxylic acids is 2. The lowest BCUT2D eigenvalue weighted by Gasteiger charge is -1.96. The minimum atomic E-state index is -1.15. The summed E-state index contributed by atoms with van der Waals surface area (Å²) in [6, 6.07) is 13.5. The van der Waals surface area contributed by atoms with Gasteiger partial charge in [-0.25, -0.2) is 13.8 Å². The lowest BCUT2D eigenvalue weighted by atomic mass is 10.1. The number of hydrogen-bond donors (Lipinski definition) is 0. The minimum absolute atomic E-state index is 0.111. The van der Waals surface area contributed by atoms with Gasteiger partial charge < -0.3 is 0 Å². The number of aromatic nitrogens is 1. The molecule has 2 heterocycles. The van der Waals surface area contributed by atoms with Crippen LogP contribution in [0.15, 0.2) is 54.1 Å². The van der Waals surface area contributed by atoms with Gasteiger partial charge in [-0.1, -0.05) is 30.3 Å². The largest absolute Gasteiger partial charge is 0.288 e. The fraction of sp³-hybridized carbons (Fsp3) is 0. The van der Waals surface area contributed by atoms with E-state index < -0.39 is 23.2 Å². The molecular weight excluding hydrogens is 400 g/mol. The molecule has 5 rings (SSSR count). The molecule has 1 aliphatic rings. The molecule has 1 aliphatic carbocycles. The van der Waals surface area contributed by atoms with Gasteiger partial charge >= 0.3 is 0 Å². The van der Waals surface area contributed by atoms with Crippen molar-refractivity contribution in [2.75, 3.05) is 0 Å². The van der Waals surface area contributed by atoms with Crippen LogP contribution in [0, 0.1) is 11.6 Å². The van der Waals surface area contributed by atoms with Crippen LogP contribution in [0.1, 0.15) is 25.7 Å². The molecule has 136 valence electrons. The van der Waals surface area contributed by atoms with E-state index in [9.17, 15) is 18.4 Å². The molecule has 4 aromatic rings. The third kappa shape index (κ3) is 2.63. The van der Waals surface area contributed by atoms with Crippen molar-refractivity contribution in [2.45, 2.75) is 0 Å². The van der Waals surface area contributed by atoms with Crippen molar-refractivity contribution in [3.63, 3.8) is 0 Å². The van der Waals surface area contributed by atoms with Crippen LogP contribution in [0.3, 0.4) is 0 Å². The highest BCUT2D eigenvalue weighted by Crippen LogP contribution is 2.37. The number of ketones is 2. The zero-order valence-corrected chi connectivity index (χ0v) is 15.7. The second-order valence-corrected chi connectivity index (χ2v) is 8.32. The Balaban J connectivity index is 1.53. The van der Waals surface area contributed by atoms with Crippen LogP contribution in [-0.4, -0.2) is 16.6 Å². The van der Waals surface area contributed by atoms with Crippen molar-refractivity contribution in [1.29, 1.82) is 0 Å². The summed E-state index contributed by atoms with van der Waals surface area (Å²) in [4.78, 5) is 31.3. The molecule has 7 heteroatoms. The first-order valence-electron chi connectivity index (χ1n) is 8.27. The van der Waals surface area contributed by atoms with Crippen LogP contribution >= 0.6 is 22.7 Å². The van der Waals surface area contributed by atoms with Gasteiger partial charge in [0.15, 0.2) is 23.2 Å². The maximum absolute atomic E-state index is 13.4. The van der Waals surface area contributed by atoms with E-state index in [-0.39, 0.29) is 16.7 Å². The standard InChI is InChI=1S/C21H9F2NO2S2/c22-14-6-11-12(7-15(14)23)20(26)13(19(11)25)8-18-24-21-17(27-18)9-16(28-21)10-4-2-1-3-5-10/h1-9H. The lowest BCUT2D eigenvalue weighted by Crippen LogP contribution is -2.00. The summed E-state index contributed by atoms with van der Waals surface area (Å²) in [5.74, 6) is -3.52. The van der Waals surface area contributed by atoms with Crippen molar-refractivity contribution >= 4 is 49.8 Å². The maximum Gasteiger partial charge on any atom is 0.197 e. The Morgan fingerprint density at radius 3 is 2.11 bits per heavy atom. The Labute approximate surface area is 165 Å². The van der Waals surface area contributed by atoms with E-state index in [2.05, 4.69) is 4.98 Å². The van der Waals surface area contributed by atoms with Crippen molar-refractivity contribution < 1.29 is 18.4 Å². The van der Waals surface area contributed by atoms with Crippen molar-refractivity contribution in [3.8, 4) is 10.4 Å². The Bertz CT molecular complexity index is 1240. The molecule has 0 radical (unpaired) electrons. The maximum atomic E-state index is 13.4. The molecular formula is C21H9F2NO2S2. The Morgan fingerprint density at radius 1 is 0.857 bits per heavy atom. The van der Waals surface area contributed by atoms with E-state index >= 15 is 0 Å². The summed E-state index contributed by atoms with van der Waals surface area (Å²) in [5, 5.41) is 0.506. The zero-order valence-electron chi connectivity index (χ0n) is 14.0. The van der Waals surface area contributed by atoms with E-state index in [0.717, 1.165) is 32.1 Å². The summed E-state index contributed by atoms with van der Waals surface area (Å²) in [6.45, 7) is 0. The van der Waals surface area contributed by atoms with Crippen LogP contribution in [0.5, 0.6) is 0 Å². The average Bonchev–Trinajstić information content (AvgIpc) is 3.31. The number of halogens is 2. The van der Waals surface area contributed by atoms with E-state index in [0.29, 0.717) is 5.01 Å². The second-order valence-electron chi connectivity index (χ2n) is 6.23. The Morgan fingerprint density at radius 2 is 1.50 bits per heavy atom. The second kappa shape index (κ2) is 6.25. The van der Waals surface area contributed by atoms with Crippen molar-refractivity contribution in [1.82, 2.24) is 4.98 Å². The topological polar surface area (TPSA) is 47.0 Å². The first-order chi connectivity index (χ1) is 13.5. The van der Waals surface area contributed by atoms with E-state index in [4.69, 9.17) is 0 Å². The van der Waals surface area contributed by atoms with Crippen LogP contribution in [0.25, 0.3) is 26.0 Å².